The van der Waals surface area contributed by atoms with Gasteiger partial charge in [0, 0.05) is 19.1 Å². The Kier molecular flexibility index (Phi) is 3.77. The van der Waals surface area contributed by atoms with Gasteiger partial charge in [-0.3, -0.25) is 9.59 Å². The number of rotatable bonds is 5. The van der Waals surface area contributed by atoms with Gasteiger partial charge >= 0.3 is 0 Å². The second-order valence-electron chi connectivity index (χ2n) is 4.43. The lowest BCUT2D eigenvalue weighted by Gasteiger charge is -2.11. The van der Waals surface area contributed by atoms with Gasteiger partial charge in [-0.1, -0.05) is 0 Å². The fourth-order valence-corrected chi connectivity index (χ4v) is 1.75. The number of hydrogen-bond acceptors (Lipinski definition) is 3. The number of carbonyl (C=O) groups excluding carboxylic acids is 2. The maximum absolute atomic E-state index is 11.4. The van der Waals surface area contributed by atoms with Crippen molar-refractivity contribution in [3.63, 3.8) is 0 Å². The lowest BCUT2D eigenvalue weighted by Crippen LogP contribution is -2.40. The first-order valence-corrected chi connectivity index (χ1v) is 5.91. The van der Waals surface area contributed by atoms with Gasteiger partial charge in [-0.2, -0.15) is 0 Å². The summed E-state index contributed by atoms with van der Waals surface area (Å²) in [5, 5.41) is 5.39. The van der Waals surface area contributed by atoms with Crippen molar-refractivity contribution in [2.45, 2.75) is 31.8 Å². The summed E-state index contributed by atoms with van der Waals surface area (Å²) in [4.78, 5) is 22.6. The van der Waals surface area contributed by atoms with E-state index < -0.39 is 0 Å². The monoisotopic (exact) mass is 226 g/mol. The zero-order valence-electron chi connectivity index (χ0n) is 9.33. The smallest absolute Gasteiger partial charge is 0.239 e. The topological polar surface area (TPSA) is 67.4 Å². The molecule has 0 bridgehead atoms. The van der Waals surface area contributed by atoms with Crippen molar-refractivity contribution < 1.29 is 14.3 Å². The van der Waals surface area contributed by atoms with Gasteiger partial charge in [0.2, 0.25) is 11.8 Å². The van der Waals surface area contributed by atoms with E-state index in [4.69, 9.17) is 4.74 Å². The van der Waals surface area contributed by atoms with E-state index in [1.54, 1.807) is 0 Å². The normalized spacial score (nSPS) is 24.1. The van der Waals surface area contributed by atoms with Gasteiger partial charge in [-0.25, -0.2) is 0 Å². The van der Waals surface area contributed by atoms with Crippen LogP contribution in [0.3, 0.4) is 0 Å². The standard InChI is InChI=1S/C11H18N2O3/c14-10(7-13-11(15)8-3-4-8)12-6-9-2-1-5-16-9/h8-9H,1-7H2,(H,12,14)(H,13,15). The summed E-state index contributed by atoms with van der Waals surface area (Å²) in [6.45, 7) is 1.43. The van der Waals surface area contributed by atoms with Crippen molar-refractivity contribution in [3.8, 4) is 0 Å². The number of hydrogen-bond donors (Lipinski definition) is 2. The first kappa shape index (κ1) is 11.4. The average molecular weight is 226 g/mol. The Labute approximate surface area is 94.9 Å². The Morgan fingerprint density at radius 1 is 1.19 bits per heavy atom. The second kappa shape index (κ2) is 5.30. The maximum Gasteiger partial charge on any atom is 0.239 e. The Bertz CT molecular complexity index is 270. The van der Waals surface area contributed by atoms with Gasteiger partial charge in [-0.15, -0.1) is 0 Å². The molecule has 1 atom stereocenters. The highest BCUT2D eigenvalue weighted by Gasteiger charge is 2.29. The number of nitrogens with one attached hydrogen (secondary N) is 2. The molecule has 1 aliphatic carbocycles. The lowest BCUT2D eigenvalue weighted by atomic mass is 10.2. The van der Waals surface area contributed by atoms with Crippen LogP contribution in [-0.2, 0) is 14.3 Å². The molecule has 0 radical (unpaired) electrons. The van der Waals surface area contributed by atoms with Crippen LogP contribution in [0.15, 0.2) is 0 Å². The highest BCUT2D eigenvalue weighted by molar-refractivity contribution is 5.86. The lowest BCUT2D eigenvalue weighted by molar-refractivity contribution is -0.127. The van der Waals surface area contributed by atoms with E-state index in [0.717, 1.165) is 32.3 Å². The molecule has 2 fully saturated rings. The van der Waals surface area contributed by atoms with E-state index in [-0.39, 0.29) is 30.4 Å². The summed E-state index contributed by atoms with van der Waals surface area (Å²) in [7, 11) is 0. The summed E-state index contributed by atoms with van der Waals surface area (Å²) in [5.74, 6) is 0.0303. The summed E-state index contributed by atoms with van der Waals surface area (Å²) in [6, 6.07) is 0. The summed E-state index contributed by atoms with van der Waals surface area (Å²) >= 11 is 0. The zero-order valence-corrected chi connectivity index (χ0v) is 9.33. The Morgan fingerprint density at radius 3 is 2.62 bits per heavy atom. The molecule has 2 amide bonds. The first-order valence-electron chi connectivity index (χ1n) is 5.91. The van der Waals surface area contributed by atoms with Gasteiger partial charge in [0.15, 0.2) is 0 Å². The third kappa shape index (κ3) is 3.48. The highest BCUT2D eigenvalue weighted by Crippen LogP contribution is 2.28. The SMILES string of the molecule is O=C(CNC(=O)C1CC1)NCC1CCCO1. The molecule has 90 valence electrons. The van der Waals surface area contributed by atoms with Crippen LogP contribution in [0, 0.1) is 5.92 Å². The largest absolute Gasteiger partial charge is 0.376 e. The fraction of sp³-hybridized carbons (Fsp3) is 0.818. The molecule has 1 unspecified atom stereocenters. The third-order valence-corrected chi connectivity index (χ3v) is 2.92. The van der Waals surface area contributed by atoms with Crippen molar-refractivity contribution in [1.29, 1.82) is 0 Å². The van der Waals surface area contributed by atoms with E-state index in [1.165, 1.54) is 0 Å². The Balaban J connectivity index is 1.54. The fourth-order valence-electron chi connectivity index (χ4n) is 1.75. The zero-order chi connectivity index (χ0) is 11.4. The molecule has 0 aromatic rings. The summed E-state index contributed by atoms with van der Waals surface area (Å²) in [6.07, 6.45) is 4.16. The van der Waals surface area contributed by atoms with Crippen LogP contribution < -0.4 is 10.6 Å². The molecular weight excluding hydrogens is 208 g/mol. The third-order valence-electron chi connectivity index (χ3n) is 2.92. The predicted octanol–water partition coefficient (Wildman–Crippen LogP) is -0.192. The van der Waals surface area contributed by atoms with E-state index in [2.05, 4.69) is 10.6 Å². The maximum atomic E-state index is 11.4. The van der Waals surface area contributed by atoms with Gasteiger partial charge in [0.1, 0.15) is 0 Å². The van der Waals surface area contributed by atoms with Crippen LogP contribution >= 0.6 is 0 Å². The molecule has 16 heavy (non-hydrogen) atoms. The quantitative estimate of drug-likeness (QED) is 0.682. The molecule has 5 nitrogen and oxygen atoms in total. The molecule has 0 aromatic carbocycles. The molecule has 1 heterocycles. The average Bonchev–Trinajstić information content (AvgIpc) is 3.01. The van der Waals surface area contributed by atoms with E-state index >= 15 is 0 Å². The van der Waals surface area contributed by atoms with Gasteiger partial charge < -0.3 is 15.4 Å². The number of carbonyl (C=O) groups is 2. The van der Waals surface area contributed by atoms with Crippen molar-refractivity contribution >= 4 is 11.8 Å². The molecule has 5 heteroatoms. The second-order valence-corrected chi connectivity index (χ2v) is 4.43. The molecular formula is C11H18N2O3. The van der Waals surface area contributed by atoms with Crippen molar-refractivity contribution in [2.24, 2.45) is 5.92 Å². The van der Waals surface area contributed by atoms with Gasteiger partial charge in [0.25, 0.3) is 0 Å². The summed E-state index contributed by atoms with van der Waals surface area (Å²) in [5.41, 5.74) is 0. The van der Waals surface area contributed by atoms with Crippen LogP contribution in [0.2, 0.25) is 0 Å². The molecule has 2 rings (SSSR count). The summed E-state index contributed by atoms with van der Waals surface area (Å²) < 4.78 is 5.38. The molecule has 0 aromatic heterocycles. The minimum atomic E-state index is -0.135. The molecule has 1 saturated carbocycles. The van der Waals surface area contributed by atoms with E-state index in [1.807, 2.05) is 0 Å². The number of ether oxygens (including phenoxy) is 1. The minimum absolute atomic E-state index is 0.00673. The molecule has 1 aliphatic heterocycles. The Hall–Kier alpha value is -1.10. The number of amides is 2. The van der Waals surface area contributed by atoms with Gasteiger partial charge in [-0.05, 0) is 25.7 Å². The predicted molar refractivity (Wildman–Crippen MR) is 57.7 cm³/mol. The molecule has 1 saturated heterocycles. The van der Waals surface area contributed by atoms with Crippen LogP contribution in [0.1, 0.15) is 25.7 Å². The van der Waals surface area contributed by atoms with Crippen LogP contribution in [0.4, 0.5) is 0 Å². The molecule has 2 aliphatic rings. The minimum Gasteiger partial charge on any atom is -0.376 e. The van der Waals surface area contributed by atoms with Crippen LogP contribution in [-0.4, -0.2) is 37.6 Å². The van der Waals surface area contributed by atoms with Crippen molar-refractivity contribution in [1.82, 2.24) is 10.6 Å². The molecule has 0 spiro atoms. The van der Waals surface area contributed by atoms with E-state index in [0.29, 0.717) is 6.54 Å². The first-order chi connectivity index (χ1) is 7.75. The Morgan fingerprint density at radius 2 is 2.00 bits per heavy atom. The molecule has 2 N–H and O–H groups in total. The highest BCUT2D eigenvalue weighted by atomic mass is 16.5. The van der Waals surface area contributed by atoms with Crippen molar-refractivity contribution in [2.75, 3.05) is 19.7 Å². The van der Waals surface area contributed by atoms with Crippen LogP contribution in [0.25, 0.3) is 0 Å². The van der Waals surface area contributed by atoms with Crippen molar-refractivity contribution in [3.05, 3.63) is 0 Å². The van der Waals surface area contributed by atoms with Gasteiger partial charge in [0.05, 0.1) is 12.6 Å². The van der Waals surface area contributed by atoms with Crippen LogP contribution in [0.5, 0.6) is 0 Å². The van der Waals surface area contributed by atoms with E-state index in [9.17, 15) is 9.59 Å².